The van der Waals surface area contributed by atoms with Crippen molar-refractivity contribution in [3.63, 3.8) is 0 Å². The van der Waals surface area contributed by atoms with Crippen molar-refractivity contribution in [3.8, 4) is 22.8 Å². The van der Waals surface area contributed by atoms with E-state index >= 15 is 0 Å². The molecule has 1 fully saturated rings. The van der Waals surface area contributed by atoms with Crippen molar-refractivity contribution in [2.24, 2.45) is 5.92 Å². The molecule has 2 aromatic carbocycles. The third-order valence-corrected chi connectivity index (χ3v) is 5.17. The van der Waals surface area contributed by atoms with Gasteiger partial charge >= 0.3 is 5.97 Å². The lowest BCUT2D eigenvalue weighted by Gasteiger charge is -2.31. The van der Waals surface area contributed by atoms with E-state index in [4.69, 9.17) is 9.26 Å². The molecule has 1 saturated heterocycles. The van der Waals surface area contributed by atoms with Gasteiger partial charge in [-0.25, -0.2) is 0 Å². The van der Waals surface area contributed by atoms with Crippen molar-refractivity contribution < 1.29 is 18.8 Å². The lowest BCUT2D eigenvalue weighted by Crippen LogP contribution is -2.42. The number of rotatable bonds is 5. The number of ether oxygens (including phenoxy) is 1. The van der Waals surface area contributed by atoms with Gasteiger partial charge in [0.2, 0.25) is 5.82 Å². The molecule has 1 aliphatic heterocycles. The van der Waals surface area contributed by atoms with Gasteiger partial charge in [0.05, 0.1) is 12.5 Å². The van der Waals surface area contributed by atoms with Crippen molar-refractivity contribution in [2.45, 2.75) is 19.8 Å². The molecule has 154 valence electrons. The van der Waals surface area contributed by atoms with E-state index in [2.05, 4.69) is 10.1 Å². The zero-order chi connectivity index (χ0) is 20.9. The van der Waals surface area contributed by atoms with Crippen molar-refractivity contribution in [1.82, 2.24) is 15.0 Å². The molecule has 0 unspecified atom stereocenters. The van der Waals surface area contributed by atoms with Gasteiger partial charge in [0.1, 0.15) is 0 Å². The minimum Gasteiger partial charge on any atom is -0.466 e. The summed E-state index contributed by atoms with van der Waals surface area (Å²) < 4.78 is 10.5. The van der Waals surface area contributed by atoms with Gasteiger partial charge in [0, 0.05) is 29.8 Å². The zero-order valence-corrected chi connectivity index (χ0v) is 16.8. The van der Waals surface area contributed by atoms with Crippen LogP contribution in [0, 0.1) is 5.92 Å². The number of piperidine rings is 1. The molecule has 0 bridgehead atoms. The van der Waals surface area contributed by atoms with E-state index in [-0.39, 0.29) is 17.8 Å². The number of carbonyl (C=O) groups is 2. The summed E-state index contributed by atoms with van der Waals surface area (Å²) in [5.74, 6) is 0.344. The van der Waals surface area contributed by atoms with Gasteiger partial charge in [-0.15, -0.1) is 0 Å². The Morgan fingerprint density at radius 1 is 1.10 bits per heavy atom. The minimum atomic E-state index is -0.253. The second-order valence-corrected chi connectivity index (χ2v) is 7.21. The van der Waals surface area contributed by atoms with Crippen LogP contribution in [-0.2, 0) is 9.53 Å². The maximum absolute atomic E-state index is 12.9. The maximum atomic E-state index is 12.9. The van der Waals surface area contributed by atoms with Crippen LogP contribution < -0.4 is 0 Å². The van der Waals surface area contributed by atoms with Gasteiger partial charge < -0.3 is 14.2 Å². The molecule has 0 N–H and O–H groups in total. The van der Waals surface area contributed by atoms with Crippen LogP contribution in [0.3, 0.4) is 0 Å². The molecule has 7 nitrogen and oxygen atoms in total. The highest BCUT2D eigenvalue weighted by Crippen LogP contribution is 2.24. The van der Waals surface area contributed by atoms with Crippen LogP contribution in [0.15, 0.2) is 59.1 Å². The lowest BCUT2D eigenvalue weighted by atomic mass is 9.97. The van der Waals surface area contributed by atoms with E-state index in [1.165, 1.54) is 0 Å². The van der Waals surface area contributed by atoms with E-state index < -0.39 is 0 Å². The normalized spacial score (nSPS) is 16.3. The quantitative estimate of drug-likeness (QED) is 0.600. The van der Waals surface area contributed by atoms with Crippen molar-refractivity contribution in [2.75, 3.05) is 19.7 Å². The van der Waals surface area contributed by atoms with Crippen LogP contribution in [0.4, 0.5) is 0 Å². The first-order valence-electron chi connectivity index (χ1n) is 10.1. The summed E-state index contributed by atoms with van der Waals surface area (Å²) in [5, 5.41) is 4.03. The Labute approximate surface area is 174 Å². The second-order valence-electron chi connectivity index (χ2n) is 7.21. The molecular formula is C23H23N3O4. The van der Waals surface area contributed by atoms with Crippen molar-refractivity contribution >= 4 is 11.9 Å². The molecule has 1 aliphatic rings. The highest BCUT2D eigenvalue weighted by atomic mass is 16.5. The number of esters is 1. The van der Waals surface area contributed by atoms with E-state index in [9.17, 15) is 9.59 Å². The third kappa shape index (κ3) is 4.25. The predicted molar refractivity (Wildman–Crippen MR) is 110 cm³/mol. The molecule has 4 rings (SSSR count). The summed E-state index contributed by atoms with van der Waals surface area (Å²) in [4.78, 5) is 31.1. The van der Waals surface area contributed by atoms with Crippen LogP contribution >= 0.6 is 0 Å². The molecule has 1 amide bonds. The number of hydrogen-bond acceptors (Lipinski definition) is 6. The Balaban J connectivity index is 1.45. The third-order valence-electron chi connectivity index (χ3n) is 5.17. The summed E-state index contributed by atoms with van der Waals surface area (Å²) in [6.45, 7) is 3.17. The number of benzene rings is 2. The van der Waals surface area contributed by atoms with Crippen LogP contribution in [0.1, 0.15) is 30.1 Å². The topological polar surface area (TPSA) is 85.5 Å². The number of aromatic nitrogens is 2. The molecule has 1 aromatic heterocycles. The van der Waals surface area contributed by atoms with Crippen LogP contribution in [0.25, 0.3) is 22.8 Å². The number of nitrogens with zero attached hydrogens (tertiary/aromatic N) is 3. The number of amides is 1. The second kappa shape index (κ2) is 8.90. The van der Waals surface area contributed by atoms with Crippen molar-refractivity contribution in [3.05, 3.63) is 60.2 Å². The number of likely N-dealkylation sites (tertiary alicyclic amines) is 1. The Hall–Kier alpha value is -3.48. The van der Waals surface area contributed by atoms with Gasteiger partial charge in [-0.1, -0.05) is 35.5 Å². The zero-order valence-electron chi connectivity index (χ0n) is 16.8. The first-order valence-corrected chi connectivity index (χ1v) is 10.1. The van der Waals surface area contributed by atoms with E-state index in [1.807, 2.05) is 30.3 Å². The average molecular weight is 405 g/mol. The number of hydrogen-bond donors (Lipinski definition) is 0. The average Bonchev–Trinajstić information content (AvgIpc) is 3.30. The summed E-state index contributed by atoms with van der Waals surface area (Å²) in [5.41, 5.74) is 2.18. The van der Waals surface area contributed by atoms with Gasteiger partial charge in [-0.05, 0) is 44.0 Å². The smallest absolute Gasteiger partial charge is 0.310 e. The fourth-order valence-corrected chi connectivity index (χ4v) is 3.60. The fraction of sp³-hybridized carbons (Fsp3) is 0.304. The summed E-state index contributed by atoms with van der Waals surface area (Å²) in [6, 6.07) is 16.7. The Morgan fingerprint density at radius 3 is 2.60 bits per heavy atom. The fourth-order valence-electron chi connectivity index (χ4n) is 3.60. The summed E-state index contributed by atoms with van der Waals surface area (Å²) in [6.07, 6.45) is 1.54. The van der Waals surface area contributed by atoms with Crippen molar-refractivity contribution in [1.29, 1.82) is 0 Å². The molecule has 0 radical (unpaired) electrons. The van der Waals surface area contributed by atoms with Gasteiger partial charge in [-0.3, -0.25) is 9.59 Å². The van der Waals surface area contributed by atoms with Crippen LogP contribution in [0.5, 0.6) is 0 Å². The van der Waals surface area contributed by atoms with Crippen LogP contribution in [0.2, 0.25) is 0 Å². The molecule has 0 aliphatic carbocycles. The maximum Gasteiger partial charge on any atom is 0.310 e. The van der Waals surface area contributed by atoms with E-state index in [1.54, 1.807) is 36.1 Å². The highest BCUT2D eigenvalue weighted by molar-refractivity contribution is 5.95. The Morgan fingerprint density at radius 2 is 1.87 bits per heavy atom. The molecule has 7 heteroatoms. The van der Waals surface area contributed by atoms with E-state index in [0.717, 1.165) is 24.0 Å². The highest BCUT2D eigenvalue weighted by Gasteiger charge is 2.29. The van der Waals surface area contributed by atoms with Gasteiger partial charge in [-0.2, -0.15) is 4.98 Å². The minimum absolute atomic E-state index is 0.0916. The summed E-state index contributed by atoms with van der Waals surface area (Å²) in [7, 11) is 0. The Bertz CT molecular complexity index is 1010. The molecule has 0 spiro atoms. The molecule has 2 heterocycles. The first kappa shape index (κ1) is 19.8. The van der Waals surface area contributed by atoms with Crippen LogP contribution in [-0.4, -0.2) is 46.6 Å². The summed E-state index contributed by atoms with van der Waals surface area (Å²) >= 11 is 0. The molecule has 3 aromatic rings. The molecular weight excluding hydrogens is 382 g/mol. The standard InChI is InChI=1S/C23H23N3O4/c1-2-29-23(28)19-9-6-14-26(15-19)22(27)18-12-10-17(11-13-18)21-24-20(25-30-21)16-7-4-3-5-8-16/h3-5,7-8,10-13,19H,2,6,9,14-15H2,1H3/t19-/m1/s1. The first-order chi connectivity index (χ1) is 14.7. The largest absolute Gasteiger partial charge is 0.466 e. The monoisotopic (exact) mass is 405 g/mol. The molecule has 0 saturated carbocycles. The number of carbonyl (C=O) groups excluding carboxylic acids is 2. The lowest BCUT2D eigenvalue weighted by molar-refractivity contribution is -0.149. The Kier molecular flexibility index (Phi) is 5.88. The SMILES string of the molecule is CCOC(=O)[C@@H]1CCCN(C(=O)c2ccc(-c3nc(-c4ccccc4)no3)cc2)C1. The van der Waals surface area contributed by atoms with E-state index in [0.29, 0.717) is 37.0 Å². The van der Waals surface area contributed by atoms with Gasteiger partial charge in [0.15, 0.2) is 0 Å². The molecule has 30 heavy (non-hydrogen) atoms. The predicted octanol–water partition coefficient (Wildman–Crippen LogP) is 3.82. The molecule has 1 atom stereocenters. The van der Waals surface area contributed by atoms with Gasteiger partial charge in [0.25, 0.3) is 11.8 Å².